The normalized spacial score (nSPS) is 22.0. The molecule has 1 aromatic rings. The van der Waals surface area contributed by atoms with Gasteiger partial charge in [0.1, 0.15) is 5.69 Å². The predicted molar refractivity (Wildman–Crippen MR) is 107 cm³/mol. The zero-order valence-corrected chi connectivity index (χ0v) is 17.2. The van der Waals surface area contributed by atoms with E-state index in [0.717, 1.165) is 56.6 Å². The van der Waals surface area contributed by atoms with E-state index in [0.29, 0.717) is 30.1 Å². The maximum atomic E-state index is 13.2. The van der Waals surface area contributed by atoms with Crippen molar-refractivity contribution in [2.75, 3.05) is 13.1 Å². The van der Waals surface area contributed by atoms with Crippen LogP contribution in [-0.4, -0.2) is 51.8 Å². The van der Waals surface area contributed by atoms with Crippen molar-refractivity contribution in [1.29, 1.82) is 0 Å². The van der Waals surface area contributed by atoms with Crippen LogP contribution in [0, 0.1) is 0 Å². The first kappa shape index (κ1) is 18.9. The number of amides is 2. The zero-order valence-electron chi connectivity index (χ0n) is 16.4. The highest BCUT2D eigenvalue weighted by Crippen LogP contribution is 2.36. The van der Waals surface area contributed by atoms with Gasteiger partial charge in [0.15, 0.2) is 0 Å². The van der Waals surface area contributed by atoms with E-state index in [1.54, 1.807) is 11.3 Å². The second-order valence-corrected chi connectivity index (χ2v) is 9.20. The zero-order chi connectivity index (χ0) is 18.8. The van der Waals surface area contributed by atoms with Gasteiger partial charge in [0.05, 0.1) is 5.01 Å². The molecular weight excluding hydrogens is 358 g/mol. The lowest BCUT2D eigenvalue weighted by Crippen LogP contribution is -2.43. The molecule has 0 spiro atoms. The minimum atomic E-state index is 0.158. The largest absolute Gasteiger partial charge is 0.343 e. The van der Waals surface area contributed by atoms with Gasteiger partial charge >= 0.3 is 0 Å². The van der Waals surface area contributed by atoms with Crippen LogP contribution < -0.4 is 0 Å². The van der Waals surface area contributed by atoms with Gasteiger partial charge in [0, 0.05) is 42.9 Å². The topological polar surface area (TPSA) is 53.5 Å². The Balaban J connectivity index is 1.41. The summed E-state index contributed by atoms with van der Waals surface area (Å²) in [6.45, 7) is 3.55. The third-order valence-electron chi connectivity index (χ3n) is 6.38. The molecule has 6 heteroatoms. The van der Waals surface area contributed by atoms with Crippen molar-refractivity contribution < 1.29 is 9.59 Å². The van der Waals surface area contributed by atoms with E-state index in [1.807, 2.05) is 17.2 Å². The number of likely N-dealkylation sites (tertiary alicyclic amines) is 1. The maximum absolute atomic E-state index is 13.2. The van der Waals surface area contributed by atoms with Gasteiger partial charge in [-0.1, -0.05) is 26.2 Å². The molecule has 1 saturated heterocycles. The Labute approximate surface area is 166 Å². The third kappa shape index (κ3) is 4.20. The number of carbonyl (C=O) groups is 2. The Morgan fingerprint density at radius 2 is 1.74 bits per heavy atom. The summed E-state index contributed by atoms with van der Waals surface area (Å²) in [5.74, 6) is 0.794. The Kier molecular flexibility index (Phi) is 5.81. The lowest BCUT2D eigenvalue weighted by atomic mass is 9.94. The van der Waals surface area contributed by atoms with Crippen molar-refractivity contribution in [3.05, 3.63) is 16.1 Å². The van der Waals surface area contributed by atoms with E-state index in [2.05, 4.69) is 4.90 Å². The number of hydrogen-bond acceptors (Lipinski definition) is 4. The molecular formula is C21H31N3O2S. The molecule has 0 bridgehead atoms. The molecule has 0 N–H and O–H groups in total. The van der Waals surface area contributed by atoms with Gasteiger partial charge in [-0.15, -0.1) is 11.3 Å². The van der Waals surface area contributed by atoms with Crippen molar-refractivity contribution >= 4 is 23.2 Å². The first-order valence-electron chi connectivity index (χ1n) is 10.7. The maximum Gasteiger partial charge on any atom is 0.273 e. The van der Waals surface area contributed by atoms with Crippen LogP contribution in [0.3, 0.4) is 0 Å². The molecule has 27 heavy (non-hydrogen) atoms. The highest BCUT2D eigenvalue weighted by Gasteiger charge is 2.39. The van der Waals surface area contributed by atoms with Crippen molar-refractivity contribution in [3.63, 3.8) is 0 Å². The molecule has 2 amide bonds. The lowest BCUT2D eigenvalue weighted by molar-refractivity contribution is -0.131. The number of thiazole rings is 1. The lowest BCUT2D eigenvalue weighted by Gasteiger charge is -2.34. The van der Waals surface area contributed by atoms with Crippen LogP contribution >= 0.6 is 11.3 Å². The third-order valence-corrected chi connectivity index (χ3v) is 7.39. The molecule has 2 aliphatic carbocycles. The highest BCUT2D eigenvalue weighted by molar-refractivity contribution is 7.09. The molecule has 148 valence electrons. The molecule has 2 saturated carbocycles. The highest BCUT2D eigenvalue weighted by atomic mass is 32.1. The summed E-state index contributed by atoms with van der Waals surface area (Å²) >= 11 is 1.63. The molecule has 0 aromatic carbocycles. The van der Waals surface area contributed by atoms with E-state index in [4.69, 9.17) is 4.98 Å². The average molecular weight is 390 g/mol. The Hall–Kier alpha value is -1.43. The van der Waals surface area contributed by atoms with Gasteiger partial charge in [-0.3, -0.25) is 9.59 Å². The Morgan fingerprint density at radius 1 is 1.07 bits per heavy atom. The smallest absolute Gasteiger partial charge is 0.273 e. The minimum Gasteiger partial charge on any atom is -0.343 e. The summed E-state index contributed by atoms with van der Waals surface area (Å²) in [6, 6.07) is 0.876. The van der Waals surface area contributed by atoms with Crippen LogP contribution in [0.4, 0.5) is 0 Å². The Bertz CT molecular complexity index is 671. The van der Waals surface area contributed by atoms with Gasteiger partial charge in [0.2, 0.25) is 5.91 Å². The van der Waals surface area contributed by atoms with Gasteiger partial charge in [-0.05, 0) is 38.5 Å². The molecule has 3 fully saturated rings. The number of carbonyl (C=O) groups excluding carboxylic acids is 2. The van der Waals surface area contributed by atoms with Crippen LogP contribution in [0.5, 0.6) is 0 Å². The monoisotopic (exact) mass is 389 g/mol. The van der Waals surface area contributed by atoms with Crippen molar-refractivity contribution in [1.82, 2.24) is 14.8 Å². The second kappa shape index (κ2) is 8.29. The SMILES string of the molecule is CCC(=O)N1CCC(c2nc(C(=O)N(C3CCCCC3)C3CC3)cs2)CC1. The van der Waals surface area contributed by atoms with E-state index in [1.165, 1.54) is 19.3 Å². The number of nitrogens with zero attached hydrogens (tertiary/aromatic N) is 3. The summed E-state index contributed by atoms with van der Waals surface area (Å²) < 4.78 is 0. The molecule has 2 heterocycles. The summed E-state index contributed by atoms with van der Waals surface area (Å²) in [6.07, 6.45) is 10.9. The van der Waals surface area contributed by atoms with Gasteiger partial charge in [-0.2, -0.15) is 0 Å². The van der Waals surface area contributed by atoms with Crippen LogP contribution in [0.1, 0.15) is 92.5 Å². The number of hydrogen-bond donors (Lipinski definition) is 0. The van der Waals surface area contributed by atoms with Crippen molar-refractivity contribution in [3.8, 4) is 0 Å². The number of rotatable bonds is 5. The summed E-state index contributed by atoms with van der Waals surface area (Å²) in [5, 5.41) is 3.06. The van der Waals surface area contributed by atoms with Crippen molar-refractivity contribution in [2.24, 2.45) is 0 Å². The molecule has 0 radical (unpaired) electrons. The van der Waals surface area contributed by atoms with Gasteiger partial charge in [-0.25, -0.2) is 4.98 Å². The van der Waals surface area contributed by atoms with E-state index < -0.39 is 0 Å². The fourth-order valence-corrected chi connectivity index (χ4v) is 5.61. The Morgan fingerprint density at radius 3 is 2.37 bits per heavy atom. The molecule has 0 atom stereocenters. The van der Waals surface area contributed by atoms with Crippen LogP contribution in [0.2, 0.25) is 0 Å². The predicted octanol–water partition coefficient (Wildman–Crippen LogP) is 4.20. The van der Waals surface area contributed by atoms with Gasteiger partial charge in [0.25, 0.3) is 5.91 Å². The first-order chi connectivity index (χ1) is 13.2. The quantitative estimate of drug-likeness (QED) is 0.758. The average Bonchev–Trinajstić information content (AvgIpc) is 3.42. The summed E-state index contributed by atoms with van der Waals surface area (Å²) in [4.78, 5) is 34.0. The summed E-state index contributed by atoms with van der Waals surface area (Å²) in [7, 11) is 0. The molecule has 0 unspecified atom stereocenters. The number of aromatic nitrogens is 1. The van der Waals surface area contributed by atoms with Crippen LogP contribution in [0.25, 0.3) is 0 Å². The molecule has 3 aliphatic rings. The summed E-state index contributed by atoms with van der Waals surface area (Å²) in [5.41, 5.74) is 0.652. The van der Waals surface area contributed by atoms with Crippen LogP contribution in [0.15, 0.2) is 5.38 Å². The molecule has 1 aromatic heterocycles. The first-order valence-corrected chi connectivity index (χ1v) is 11.6. The molecule has 5 nitrogen and oxygen atoms in total. The molecule has 4 rings (SSSR count). The molecule has 1 aliphatic heterocycles. The second-order valence-electron chi connectivity index (χ2n) is 8.32. The minimum absolute atomic E-state index is 0.158. The van der Waals surface area contributed by atoms with Crippen LogP contribution in [-0.2, 0) is 4.79 Å². The standard InChI is InChI=1S/C21H31N3O2S/c1-2-19(25)23-12-10-15(11-13-23)20-22-18(14-27-20)21(26)24(17-8-9-17)16-6-4-3-5-7-16/h14-17H,2-13H2,1H3. The van der Waals surface area contributed by atoms with Gasteiger partial charge < -0.3 is 9.80 Å². The van der Waals surface area contributed by atoms with Crippen molar-refractivity contribution in [2.45, 2.75) is 89.1 Å². The number of piperidine rings is 1. The van der Waals surface area contributed by atoms with E-state index in [-0.39, 0.29) is 11.8 Å². The fraction of sp³-hybridized carbons (Fsp3) is 0.762. The van der Waals surface area contributed by atoms with E-state index >= 15 is 0 Å². The fourth-order valence-electron chi connectivity index (χ4n) is 4.65. The van der Waals surface area contributed by atoms with E-state index in [9.17, 15) is 9.59 Å².